The van der Waals surface area contributed by atoms with Crippen LogP contribution in [0.25, 0.3) is 0 Å². The lowest BCUT2D eigenvalue weighted by molar-refractivity contribution is 0.0711. The summed E-state index contributed by atoms with van der Waals surface area (Å²) in [7, 11) is 0. The van der Waals surface area contributed by atoms with Gasteiger partial charge in [-0.05, 0) is 38.8 Å². The van der Waals surface area contributed by atoms with E-state index in [0.29, 0.717) is 0 Å². The van der Waals surface area contributed by atoms with E-state index in [-0.39, 0.29) is 29.2 Å². The van der Waals surface area contributed by atoms with E-state index in [0.717, 1.165) is 25.1 Å². The van der Waals surface area contributed by atoms with Gasteiger partial charge in [0.15, 0.2) is 0 Å². The standard InChI is InChI=1S/C13H18N2O3/c1-8-5-6-10(12(16)14-8)13(17)15-9(2)11-4-3-7-18-11/h5-6,9,11H,3-4,7H2,1-2H3,(H,14,16)(H,15,17)/t9-,11-/m0/s1. The van der Waals surface area contributed by atoms with Crippen LogP contribution in [0.1, 0.15) is 35.8 Å². The molecule has 0 aliphatic carbocycles. The molecule has 0 spiro atoms. The van der Waals surface area contributed by atoms with Crippen molar-refractivity contribution in [3.05, 3.63) is 33.7 Å². The fraction of sp³-hybridized carbons (Fsp3) is 0.538. The Morgan fingerprint density at radius 1 is 1.56 bits per heavy atom. The Balaban J connectivity index is 2.05. The molecule has 1 amide bonds. The summed E-state index contributed by atoms with van der Waals surface area (Å²) >= 11 is 0. The number of nitrogens with one attached hydrogen (secondary N) is 2. The van der Waals surface area contributed by atoms with Gasteiger partial charge in [0.05, 0.1) is 12.1 Å². The minimum absolute atomic E-state index is 0.0541. The maximum atomic E-state index is 12.0. The normalized spacial score (nSPS) is 20.7. The zero-order valence-corrected chi connectivity index (χ0v) is 10.7. The van der Waals surface area contributed by atoms with Gasteiger partial charge in [-0.3, -0.25) is 9.59 Å². The largest absolute Gasteiger partial charge is 0.376 e. The van der Waals surface area contributed by atoms with Crippen molar-refractivity contribution in [1.82, 2.24) is 10.3 Å². The van der Waals surface area contributed by atoms with E-state index in [4.69, 9.17) is 4.74 Å². The molecule has 0 unspecified atom stereocenters. The molecule has 1 aromatic rings. The number of rotatable bonds is 3. The molecular weight excluding hydrogens is 232 g/mol. The monoisotopic (exact) mass is 250 g/mol. The first kappa shape index (κ1) is 12.8. The van der Waals surface area contributed by atoms with Gasteiger partial charge >= 0.3 is 0 Å². The van der Waals surface area contributed by atoms with Crippen LogP contribution >= 0.6 is 0 Å². The van der Waals surface area contributed by atoms with Crippen LogP contribution in [-0.4, -0.2) is 29.6 Å². The summed E-state index contributed by atoms with van der Waals surface area (Å²) in [6, 6.07) is 3.18. The molecule has 1 aromatic heterocycles. The number of carbonyl (C=O) groups excluding carboxylic acids is 1. The summed E-state index contributed by atoms with van der Waals surface area (Å²) in [5.74, 6) is -0.348. The van der Waals surface area contributed by atoms with Gasteiger partial charge in [0, 0.05) is 12.3 Å². The van der Waals surface area contributed by atoms with E-state index >= 15 is 0 Å². The highest BCUT2D eigenvalue weighted by atomic mass is 16.5. The molecule has 98 valence electrons. The van der Waals surface area contributed by atoms with Crippen molar-refractivity contribution < 1.29 is 9.53 Å². The Labute approximate surface area is 106 Å². The molecule has 1 fully saturated rings. The summed E-state index contributed by atoms with van der Waals surface area (Å²) in [5, 5.41) is 2.81. The van der Waals surface area contributed by atoms with Gasteiger partial charge in [0.1, 0.15) is 5.56 Å². The third-order valence-electron chi connectivity index (χ3n) is 3.18. The van der Waals surface area contributed by atoms with Crippen molar-refractivity contribution in [2.75, 3.05) is 6.61 Å². The van der Waals surface area contributed by atoms with Crippen molar-refractivity contribution >= 4 is 5.91 Å². The first-order chi connectivity index (χ1) is 8.58. The average Bonchev–Trinajstić information content (AvgIpc) is 2.81. The van der Waals surface area contributed by atoms with E-state index in [2.05, 4.69) is 10.3 Å². The topological polar surface area (TPSA) is 71.2 Å². The maximum absolute atomic E-state index is 12.0. The number of aryl methyl sites for hydroxylation is 1. The molecule has 0 aromatic carbocycles. The highest BCUT2D eigenvalue weighted by Gasteiger charge is 2.24. The summed E-state index contributed by atoms with van der Waals surface area (Å²) in [4.78, 5) is 26.2. The van der Waals surface area contributed by atoms with Crippen LogP contribution in [0.2, 0.25) is 0 Å². The lowest BCUT2D eigenvalue weighted by Gasteiger charge is -2.19. The van der Waals surface area contributed by atoms with Gasteiger partial charge < -0.3 is 15.0 Å². The lowest BCUT2D eigenvalue weighted by atomic mass is 10.1. The van der Waals surface area contributed by atoms with Gasteiger partial charge in [-0.25, -0.2) is 0 Å². The Bertz CT molecular complexity index is 489. The van der Waals surface area contributed by atoms with Crippen molar-refractivity contribution in [3.8, 4) is 0 Å². The Morgan fingerprint density at radius 2 is 2.33 bits per heavy atom. The van der Waals surface area contributed by atoms with Crippen LogP contribution in [0.4, 0.5) is 0 Å². The van der Waals surface area contributed by atoms with Crippen LogP contribution in [0.15, 0.2) is 16.9 Å². The number of aromatic amines is 1. The molecular formula is C13H18N2O3. The zero-order chi connectivity index (χ0) is 13.1. The zero-order valence-electron chi connectivity index (χ0n) is 10.7. The molecule has 2 rings (SSSR count). The molecule has 18 heavy (non-hydrogen) atoms. The highest BCUT2D eigenvalue weighted by Crippen LogP contribution is 2.15. The molecule has 2 N–H and O–H groups in total. The highest BCUT2D eigenvalue weighted by molar-refractivity contribution is 5.94. The number of hydrogen-bond acceptors (Lipinski definition) is 3. The van der Waals surface area contributed by atoms with Crippen molar-refractivity contribution in [2.45, 2.75) is 38.8 Å². The summed E-state index contributed by atoms with van der Waals surface area (Å²) in [5.41, 5.74) is 0.529. The first-order valence-corrected chi connectivity index (χ1v) is 6.20. The van der Waals surface area contributed by atoms with E-state index in [1.807, 2.05) is 6.92 Å². The quantitative estimate of drug-likeness (QED) is 0.840. The number of H-pyrrole nitrogens is 1. The van der Waals surface area contributed by atoms with Crippen molar-refractivity contribution in [2.24, 2.45) is 0 Å². The Hall–Kier alpha value is -1.62. The van der Waals surface area contributed by atoms with Crippen LogP contribution in [0.5, 0.6) is 0 Å². The number of amides is 1. The summed E-state index contributed by atoms with van der Waals surface area (Å²) in [6.07, 6.45) is 2.03. The molecule has 2 heterocycles. The molecule has 2 atom stereocenters. The van der Waals surface area contributed by atoms with Crippen LogP contribution < -0.4 is 10.9 Å². The number of carbonyl (C=O) groups is 1. The molecule has 1 aliphatic rings. The number of aromatic nitrogens is 1. The van der Waals surface area contributed by atoms with Crippen molar-refractivity contribution in [3.63, 3.8) is 0 Å². The summed E-state index contributed by atoms with van der Waals surface area (Å²) < 4.78 is 5.50. The average molecular weight is 250 g/mol. The van der Waals surface area contributed by atoms with E-state index in [9.17, 15) is 9.59 Å². The Kier molecular flexibility index (Phi) is 3.81. The van der Waals surface area contributed by atoms with Gasteiger partial charge in [-0.2, -0.15) is 0 Å². The van der Waals surface area contributed by atoms with Crippen LogP contribution in [0, 0.1) is 6.92 Å². The molecule has 0 saturated carbocycles. The third-order valence-corrected chi connectivity index (χ3v) is 3.18. The number of hydrogen-bond donors (Lipinski definition) is 2. The second-order valence-electron chi connectivity index (χ2n) is 4.70. The van der Waals surface area contributed by atoms with Gasteiger partial charge in [-0.1, -0.05) is 0 Å². The van der Waals surface area contributed by atoms with Crippen LogP contribution in [0.3, 0.4) is 0 Å². The summed E-state index contributed by atoms with van der Waals surface area (Å²) in [6.45, 7) is 4.42. The minimum atomic E-state index is -0.355. The maximum Gasteiger partial charge on any atom is 0.260 e. The third kappa shape index (κ3) is 2.79. The van der Waals surface area contributed by atoms with Crippen molar-refractivity contribution in [1.29, 1.82) is 0 Å². The van der Waals surface area contributed by atoms with Crippen LogP contribution in [-0.2, 0) is 4.74 Å². The molecule has 1 aliphatic heterocycles. The predicted octanol–water partition coefficient (Wildman–Crippen LogP) is 0.981. The Morgan fingerprint density at radius 3 is 2.94 bits per heavy atom. The number of ether oxygens (including phenoxy) is 1. The SMILES string of the molecule is Cc1ccc(C(=O)N[C@@H](C)[C@@H]2CCCO2)c(=O)[nH]1. The van der Waals surface area contributed by atoms with E-state index in [1.54, 1.807) is 19.1 Å². The molecule has 0 radical (unpaired) electrons. The van der Waals surface area contributed by atoms with E-state index < -0.39 is 0 Å². The van der Waals surface area contributed by atoms with Gasteiger partial charge in [0.25, 0.3) is 11.5 Å². The van der Waals surface area contributed by atoms with Gasteiger partial charge in [-0.15, -0.1) is 0 Å². The van der Waals surface area contributed by atoms with Gasteiger partial charge in [0.2, 0.25) is 0 Å². The fourth-order valence-corrected chi connectivity index (χ4v) is 2.13. The fourth-order valence-electron chi connectivity index (χ4n) is 2.13. The molecule has 5 heteroatoms. The second kappa shape index (κ2) is 5.35. The number of pyridine rings is 1. The second-order valence-corrected chi connectivity index (χ2v) is 4.70. The lowest BCUT2D eigenvalue weighted by Crippen LogP contribution is -2.42. The molecule has 5 nitrogen and oxygen atoms in total. The van der Waals surface area contributed by atoms with E-state index in [1.165, 1.54) is 0 Å². The smallest absolute Gasteiger partial charge is 0.260 e. The minimum Gasteiger partial charge on any atom is -0.376 e. The molecule has 0 bridgehead atoms. The molecule has 1 saturated heterocycles. The first-order valence-electron chi connectivity index (χ1n) is 6.20. The predicted molar refractivity (Wildman–Crippen MR) is 67.7 cm³/mol.